The number of nitrogens with zero attached hydrogens (tertiary/aromatic N) is 2. The van der Waals surface area contributed by atoms with Gasteiger partial charge in [-0.2, -0.15) is 0 Å². The molecule has 5 nitrogen and oxygen atoms in total. The van der Waals surface area contributed by atoms with Crippen LogP contribution in [0.1, 0.15) is 70.0 Å². The molecule has 1 spiro atoms. The normalized spacial score (nSPS) is 28.7. The van der Waals surface area contributed by atoms with Gasteiger partial charge in [0.15, 0.2) is 0 Å². The average Bonchev–Trinajstić information content (AvgIpc) is 2.93. The van der Waals surface area contributed by atoms with Crippen molar-refractivity contribution in [2.24, 2.45) is 0 Å². The van der Waals surface area contributed by atoms with E-state index in [0.29, 0.717) is 6.10 Å². The Morgan fingerprint density at radius 1 is 0.960 bits per heavy atom. The predicted molar refractivity (Wildman–Crippen MR) is 96.3 cm³/mol. The Hall–Kier alpha value is -1.04. The van der Waals surface area contributed by atoms with Crippen molar-refractivity contribution in [1.29, 1.82) is 0 Å². The monoisotopic (exact) mass is 345 g/mol. The molecule has 0 aromatic carbocycles. The molecule has 3 fully saturated rings. The molecule has 1 aromatic heterocycles. The van der Waals surface area contributed by atoms with Crippen LogP contribution in [-0.2, 0) is 15.0 Å². The van der Waals surface area contributed by atoms with Crippen molar-refractivity contribution in [2.75, 3.05) is 19.8 Å². The van der Waals surface area contributed by atoms with Crippen LogP contribution in [0.25, 0.3) is 0 Å². The fraction of sp³-hybridized carbons (Fsp3) is 0.800. The van der Waals surface area contributed by atoms with E-state index in [1.807, 2.05) is 18.5 Å². The summed E-state index contributed by atoms with van der Waals surface area (Å²) in [5, 5.41) is 3.80. The average molecular weight is 345 g/mol. The lowest BCUT2D eigenvalue weighted by atomic mass is 9.88. The molecule has 1 saturated carbocycles. The van der Waals surface area contributed by atoms with Gasteiger partial charge in [0.1, 0.15) is 5.82 Å². The summed E-state index contributed by atoms with van der Waals surface area (Å²) >= 11 is 0. The van der Waals surface area contributed by atoms with Crippen LogP contribution in [0.2, 0.25) is 0 Å². The van der Waals surface area contributed by atoms with Gasteiger partial charge in [0.25, 0.3) is 0 Å². The zero-order valence-electron chi connectivity index (χ0n) is 15.2. The van der Waals surface area contributed by atoms with Gasteiger partial charge in [-0.05, 0) is 44.6 Å². The largest absolute Gasteiger partial charge is 0.381 e. The molecule has 25 heavy (non-hydrogen) atoms. The lowest BCUT2D eigenvalue weighted by Crippen LogP contribution is -2.50. The molecule has 1 aromatic rings. The first-order valence-electron chi connectivity index (χ1n) is 10.1. The summed E-state index contributed by atoms with van der Waals surface area (Å²) in [6.07, 6.45) is 16.2. The maximum absolute atomic E-state index is 6.61. The molecule has 0 bridgehead atoms. The first kappa shape index (κ1) is 17.4. The van der Waals surface area contributed by atoms with E-state index in [9.17, 15) is 0 Å². The molecule has 0 radical (unpaired) electrons. The molecular formula is C20H31N3O2. The van der Waals surface area contributed by atoms with E-state index < -0.39 is 0 Å². The van der Waals surface area contributed by atoms with Gasteiger partial charge < -0.3 is 14.8 Å². The lowest BCUT2D eigenvalue weighted by molar-refractivity contribution is -0.0551. The van der Waals surface area contributed by atoms with Crippen LogP contribution in [0, 0.1) is 0 Å². The highest BCUT2D eigenvalue weighted by Crippen LogP contribution is 2.41. The van der Waals surface area contributed by atoms with E-state index in [-0.39, 0.29) is 11.1 Å². The Morgan fingerprint density at radius 2 is 1.68 bits per heavy atom. The second kappa shape index (κ2) is 7.68. The minimum atomic E-state index is -0.165. The number of ether oxygens (including phenoxy) is 2. The van der Waals surface area contributed by atoms with Gasteiger partial charge in [-0.1, -0.05) is 25.7 Å². The summed E-state index contributed by atoms with van der Waals surface area (Å²) in [6, 6.07) is 1.88. The first-order valence-corrected chi connectivity index (χ1v) is 10.1. The Morgan fingerprint density at radius 3 is 2.40 bits per heavy atom. The van der Waals surface area contributed by atoms with Gasteiger partial charge in [-0.25, -0.2) is 9.97 Å². The van der Waals surface area contributed by atoms with Gasteiger partial charge in [0.05, 0.1) is 17.2 Å². The van der Waals surface area contributed by atoms with Crippen molar-refractivity contribution in [2.45, 2.75) is 81.5 Å². The molecule has 1 atom stereocenters. The number of aromatic nitrogens is 2. The SMILES string of the molecule is c1cnc(C2(NCC3CCC4(CCCCCC4)O3)CCOCC2)nc1. The Kier molecular flexibility index (Phi) is 5.34. The number of nitrogens with one attached hydrogen (secondary N) is 1. The fourth-order valence-corrected chi connectivity index (χ4v) is 4.83. The van der Waals surface area contributed by atoms with Crippen LogP contribution < -0.4 is 5.32 Å². The first-order chi connectivity index (χ1) is 12.3. The Bertz CT molecular complexity index is 537. The van der Waals surface area contributed by atoms with Crippen LogP contribution in [-0.4, -0.2) is 41.4 Å². The second-order valence-corrected chi connectivity index (χ2v) is 8.02. The molecule has 2 aliphatic heterocycles. The third-order valence-electron chi connectivity index (χ3n) is 6.36. The van der Waals surface area contributed by atoms with Gasteiger partial charge in [-0.3, -0.25) is 0 Å². The van der Waals surface area contributed by atoms with Crippen LogP contribution in [0.15, 0.2) is 18.5 Å². The minimum absolute atomic E-state index is 0.165. The van der Waals surface area contributed by atoms with E-state index in [4.69, 9.17) is 9.47 Å². The van der Waals surface area contributed by atoms with Gasteiger partial charge >= 0.3 is 0 Å². The van der Waals surface area contributed by atoms with Gasteiger partial charge in [0.2, 0.25) is 0 Å². The van der Waals surface area contributed by atoms with E-state index in [2.05, 4.69) is 15.3 Å². The summed E-state index contributed by atoms with van der Waals surface area (Å²) in [4.78, 5) is 9.09. The number of rotatable bonds is 4. The standard InChI is InChI=1S/C20H31N3O2/c1-2-4-8-19(7-3-1)9-6-17(25-19)16-23-20(10-14-24-15-11-20)18-21-12-5-13-22-18/h5,12-13,17,23H,1-4,6-11,14-16H2. The summed E-state index contributed by atoms with van der Waals surface area (Å²) in [7, 11) is 0. The molecule has 138 valence electrons. The quantitative estimate of drug-likeness (QED) is 0.907. The molecule has 5 heteroatoms. The summed E-state index contributed by atoms with van der Waals surface area (Å²) in [6.45, 7) is 2.42. The maximum atomic E-state index is 6.61. The van der Waals surface area contributed by atoms with Crippen molar-refractivity contribution in [3.8, 4) is 0 Å². The zero-order chi connectivity index (χ0) is 17.0. The van der Waals surface area contributed by atoms with Gasteiger partial charge in [-0.15, -0.1) is 0 Å². The Labute approximate surface area is 150 Å². The van der Waals surface area contributed by atoms with Crippen LogP contribution >= 0.6 is 0 Å². The van der Waals surface area contributed by atoms with E-state index in [1.165, 1.54) is 51.4 Å². The van der Waals surface area contributed by atoms with E-state index in [0.717, 1.165) is 38.4 Å². The van der Waals surface area contributed by atoms with Crippen molar-refractivity contribution < 1.29 is 9.47 Å². The van der Waals surface area contributed by atoms with E-state index in [1.54, 1.807) is 0 Å². The molecule has 1 unspecified atom stereocenters. The Balaban J connectivity index is 1.40. The highest BCUT2D eigenvalue weighted by atomic mass is 16.5. The minimum Gasteiger partial charge on any atom is -0.381 e. The zero-order valence-corrected chi connectivity index (χ0v) is 15.2. The van der Waals surface area contributed by atoms with Gasteiger partial charge in [0, 0.05) is 32.2 Å². The predicted octanol–water partition coefficient (Wildman–Crippen LogP) is 3.34. The van der Waals surface area contributed by atoms with Crippen molar-refractivity contribution >= 4 is 0 Å². The van der Waals surface area contributed by atoms with Crippen molar-refractivity contribution in [1.82, 2.24) is 15.3 Å². The van der Waals surface area contributed by atoms with Crippen LogP contribution in [0.3, 0.4) is 0 Å². The molecular weight excluding hydrogens is 314 g/mol. The molecule has 4 rings (SSSR count). The van der Waals surface area contributed by atoms with E-state index >= 15 is 0 Å². The lowest BCUT2D eigenvalue weighted by Gasteiger charge is -2.37. The third-order valence-corrected chi connectivity index (χ3v) is 6.36. The summed E-state index contributed by atoms with van der Waals surface area (Å²) in [5.41, 5.74) is 0.0109. The number of hydrogen-bond acceptors (Lipinski definition) is 5. The summed E-state index contributed by atoms with van der Waals surface area (Å²) in [5.74, 6) is 0.903. The van der Waals surface area contributed by atoms with Crippen molar-refractivity contribution in [3.05, 3.63) is 24.3 Å². The highest BCUT2D eigenvalue weighted by Gasteiger charge is 2.42. The maximum Gasteiger partial charge on any atom is 0.148 e. The van der Waals surface area contributed by atoms with Crippen LogP contribution in [0.4, 0.5) is 0 Å². The highest BCUT2D eigenvalue weighted by molar-refractivity contribution is 5.08. The molecule has 0 amide bonds. The molecule has 1 aliphatic carbocycles. The fourth-order valence-electron chi connectivity index (χ4n) is 4.83. The number of hydrogen-bond donors (Lipinski definition) is 1. The second-order valence-electron chi connectivity index (χ2n) is 8.02. The molecule has 2 saturated heterocycles. The molecule has 3 heterocycles. The van der Waals surface area contributed by atoms with Crippen molar-refractivity contribution in [3.63, 3.8) is 0 Å². The molecule has 3 aliphatic rings. The van der Waals surface area contributed by atoms with Crippen LogP contribution in [0.5, 0.6) is 0 Å². The molecule has 1 N–H and O–H groups in total. The third kappa shape index (κ3) is 3.88. The topological polar surface area (TPSA) is 56.3 Å². The smallest absolute Gasteiger partial charge is 0.148 e. The summed E-state index contributed by atoms with van der Waals surface area (Å²) < 4.78 is 12.2.